The Labute approximate surface area is 105 Å². The number of aromatic nitrogens is 1. The van der Waals surface area contributed by atoms with E-state index in [9.17, 15) is 4.79 Å². The molecule has 0 amide bonds. The van der Waals surface area contributed by atoms with Crippen molar-refractivity contribution in [3.05, 3.63) is 48.2 Å². The number of esters is 1. The smallest absolute Gasteiger partial charge is 0.359 e. The Hall–Kier alpha value is -2.36. The monoisotopic (exact) mass is 242 g/mol. The van der Waals surface area contributed by atoms with E-state index >= 15 is 0 Å². The number of benzene rings is 1. The van der Waals surface area contributed by atoms with Gasteiger partial charge in [0.15, 0.2) is 5.69 Å². The Morgan fingerprint density at radius 2 is 1.94 bits per heavy atom. The molecule has 0 bridgehead atoms. The number of pyridine rings is 1. The van der Waals surface area contributed by atoms with Crippen LogP contribution in [0.3, 0.4) is 0 Å². The number of carbonyl (C=O) groups excluding carboxylic acids is 1. The van der Waals surface area contributed by atoms with Crippen molar-refractivity contribution < 1.29 is 9.53 Å². The van der Waals surface area contributed by atoms with Gasteiger partial charge >= 0.3 is 5.97 Å². The molecule has 0 saturated carbocycles. The molecular weight excluding hydrogens is 228 g/mol. The van der Waals surface area contributed by atoms with Crippen LogP contribution in [0.1, 0.15) is 17.4 Å². The fourth-order valence-corrected chi connectivity index (χ4v) is 1.60. The summed E-state index contributed by atoms with van der Waals surface area (Å²) in [4.78, 5) is 15.9. The van der Waals surface area contributed by atoms with E-state index in [1.165, 1.54) is 0 Å². The van der Waals surface area contributed by atoms with Crippen molar-refractivity contribution >= 4 is 11.7 Å². The lowest BCUT2D eigenvalue weighted by Gasteiger charge is -2.07. The highest BCUT2D eigenvalue weighted by atomic mass is 16.5. The lowest BCUT2D eigenvalue weighted by atomic mass is 10.1. The first-order valence-corrected chi connectivity index (χ1v) is 5.71. The molecule has 0 fully saturated rings. The van der Waals surface area contributed by atoms with E-state index in [-0.39, 0.29) is 5.69 Å². The molecule has 0 unspecified atom stereocenters. The first-order chi connectivity index (χ1) is 8.72. The number of carbonyl (C=O) groups is 1. The molecule has 1 heterocycles. The second-order valence-corrected chi connectivity index (χ2v) is 3.72. The molecule has 92 valence electrons. The van der Waals surface area contributed by atoms with Crippen molar-refractivity contribution in [2.45, 2.75) is 6.92 Å². The van der Waals surface area contributed by atoms with Crippen LogP contribution in [0.5, 0.6) is 0 Å². The van der Waals surface area contributed by atoms with Gasteiger partial charge in [0.25, 0.3) is 0 Å². The molecule has 1 aromatic carbocycles. The Morgan fingerprint density at radius 3 is 2.61 bits per heavy atom. The Bertz CT molecular complexity index is 553. The SMILES string of the molecule is CCOC(=O)c1nc(-c2ccccc2)ccc1N. The minimum Gasteiger partial charge on any atom is -0.461 e. The first kappa shape index (κ1) is 12.1. The zero-order chi connectivity index (χ0) is 13.0. The van der Waals surface area contributed by atoms with Gasteiger partial charge in [0.05, 0.1) is 18.0 Å². The van der Waals surface area contributed by atoms with Crippen LogP contribution in [0.4, 0.5) is 5.69 Å². The average molecular weight is 242 g/mol. The van der Waals surface area contributed by atoms with Crippen LogP contribution in [-0.4, -0.2) is 17.6 Å². The van der Waals surface area contributed by atoms with Gasteiger partial charge in [0.2, 0.25) is 0 Å². The number of rotatable bonds is 3. The van der Waals surface area contributed by atoms with Gasteiger partial charge in [-0.05, 0) is 19.1 Å². The maximum atomic E-state index is 11.7. The van der Waals surface area contributed by atoms with Gasteiger partial charge in [-0.3, -0.25) is 0 Å². The molecule has 4 heteroatoms. The lowest BCUT2D eigenvalue weighted by molar-refractivity contribution is 0.0521. The average Bonchev–Trinajstić information content (AvgIpc) is 2.40. The molecule has 18 heavy (non-hydrogen) atoms. The zero-order valence-electron chi connectivity index (χ0n) is 10.1. The van der Waals surface area contributed by atoms with E-state index in [1.54, 1.807) is 19.1 Å². The molecule has 0 radical (unpaired) electrons. The summed E-state index contributed by atoms with van der Waals surface area (Å²) in [5.41, 5.74) is 7.86. The molecule has 2 rings (SSSR count). The molecule has 0 saturated heterocycles. The van der Waals surface area contributed by atoms with Crippen molar-refractivity contribution in [3.63, 3.8) is 0 Å². The Balaban J connectivity index is 2.41. The van der Waals surface area contributed by atoms with Gasteiger partial charge in [-0.2, -0.15) is 0 Å². The zero-order valence-corrected chi connectivity index (χ0v) is 10.1. The quantitative estimate of drug-likeness (QED) is 0.840. The van der Waals surface area contributed by atoms with E-state index in [0.29, 0.717) is 18.0 Å². The number of nitrogen functional groups attached to an aromatic ring is 1. The van der Waals surface area contributed by atoms with Crippen molar-refractivity contribution in [2.75, 3.05) is 12.3 Å². The van der Waals surface area contributed by atoms with Gasteiger partial charge in [-0.25, -0.2) is 9.78 Å². The fourth-order valence-electron chi connectivity index (χ4n) is 1.60. The van der Waals surface area contributed by atoms with Crippen LogP contribution >= 0.6 is 0 Å². The van der Waals surface area contributed by atoms with E-state index < -0.39 is 5.97 Å². The standard InChI is InChI=1S/C14H14N2O2/c1-2-18-14(17)13-11(15)8-9-12(16-13)10-6-4-3-5-7-10/h3-9H,2,15H2,1H3. The van der Waals surface area contributed by atoms with Crippen molar-refractivity contribution in [2.24, 2.45) is 0 Å². The summed E-state index contributed by atoms with van der Waals surface area (Å²) in [7, 11) is 0. The van der Waals surface area contributed by atoms with E-state index in [0.717, 1.165) is 5.56 Å². The maximum Gasteiger partial charge on any atom is 0.359 e. The highest BCUT2D eigenvalue weighted by molar-refractivity contribution is 5.93. The molecule has 1 aromatic heterocycles. The minimum absolute atomic E-state index is 0.165. The molecule has 0 aliphatic heterocycles. The number of nitrogens with two attached hydrogens (primary N) is 1. The normalized spacial score (nSPS) is 10.1. The topological polar surface area (TPSA) is 65.2 Å². The van der Waals surface area contributed by atoms with Crippen molar-refractivity contribution in [1.82, 2.24) is 4.98 Å². The van der Waals surface area contributed by atoms with Crippen LogP contribution in [0, 0.1) is 0 Å². The molecule has 4 nitrogen and oxygen atoms in total. The third-order valence-corrected chi connectivity index (χ3v) is 2.46. The summed E-state index contributed by atoms with van der Waals surface area (Å²) in [6.45, 7) is 2.05. The molecule has 0 spiro atoms. The molecule has 0 atom stereocenters. The second-order valence-electron chi connectivity index (χ2n) is 3.72. The van der Waals surface area contributed by atoms with Gasteiger partial charge in [-0.15, -0.1) is 0 Å². The van der Waals surface area contributed by atoms with Crippen LogP contribution in [0.2, 0.25) is 0 Å². The van der Waals surface area contributed by atoms with Crippen LogP contribution in [-0.2, 0) is 4.74 Å². The van der Waals surface area contributed by atoms with Crippen molar-refractivity contribution in [1.29, 1.82) is 0 Å². The third-order valence-electron chi connectivity index (χ3n) is 2.46. The molecule has 0 aliphatic rings. The molecule has 2 N–H and O–H groups in total. The second kappa shape index (κ2) is 5.31. The van der Waals surface area contributed by atoms with E-state index in [4.69, 9.17) is 10.5 Å². The largest absolute Gasteiger partial charge is 0.461 e. The predicted molar refractivity (Wildman–Crippen MR) is 70.0 cm³/mol. The number of nitrogens with zero attached hydrogens (tertiary/aromatic N) is 1. The summed E-state index contributed by atoms with van der Waals surface area (Å²) in [6, 6.07) is 13.1. The Kier molecular flexibility index (Phi) is 3.57. The summed E-state index contributed by atoms with van der Waals surface area (Å²) < 4.78 is 4.92. The van der Waals surface area contributed by atoms with Gasteiger partial charge in [0, 0.05) is 5.56 Å². The molecule has 2 aromatic rings. The van der Waals surface area contributed by atoms with Gasteiger partial charge in [0.1, 0.15) is 0 Å². The fraction of sp³-hybridized carbons (Fsp3) is 0.143. The molecule has 0 aliphatic carbocycles. The predicted octanol–water partition coefficient (Wildman–Crippen LogP) is 2.51. The molecular formula is C14H14N2O2. The van der Waals surface area contributed by atoms with E-state index in [2.05, 4.69) is 4.98 Å². The Morgan fingerprint density at radius 1 is 1.22 bits per heavy atom. The maximum absolute atomic E-state index is 11.7. The lowest BCUT2D eigenvalue weighted by Crippen LogP contribution is -2.10. The van der Waals surface area contributed by atoms with Crippen molar-refractivity contribution in [3.8, 4) is 11.3 Å². The summed E-state index contributed by atoms with van der Waals surface area (Å²) >= 11 is 0. The van der Waals surface area contributed by atoms with Crippen LogP contribution < -0.4 is 5.73 Å². The van der Waals surface area contributed by atoms with Gasteiger partial charge in [-0.1, -0.05) is 30.3 Å². The minimum atomic E-state index is -0.493. The summed E-state index contributed by atoms with van der Waals surface area (Å²) in [5.74, 6) is -0.493. The highest BCUT2D eigenvalue weighted by Gasteiger charge is 2.13. The number of ether oxygens (including phenoxy) is 1. The highest BCUT2D eigenvalue weighted by Crippen LogP contribution is 2.20. The third kappa shape index (κ3) is 2.48. The summed E-state index contributed by atoms with van der Waals surface area (Å²) in [6.07, 6.45) is 0. The number of hydrogen-bond donors (Lipinski definition) is 1. The number of hydrogen-bond acceptors (Lipinski definition) is 4. The number of anilines is 1. The van der Waals surface area contributed by atoms with Crippen LogP contribution in [0.15, 0.2) is 42.5 Å². The van der Waals surface area contributed by atoms with Crippen LogP contribution in [0.25, 0.3) is 11.3 Å². The van der Waals surface area contributed by atoms with Gasteiger partial charge < -0.3 is 10.5 Å². The first-order valence-electron chi connectivity index (χ1n) is 5.71. The van der Waals surface area contributed by atoms with E-state index in [1.807, 2.05) is 30.3 Å². The summed E-state index contributed by atoms with van der Waals surface area (Å²) in [5, 5.41) is 0.